The maximum Gasteiger partial charge on any atom is -0.0166 e. The molecule has 1 aliphatic rings. The third kappa shape index (κ3) is 4.73. The summed E-state index contributed by atoms with van der Waals surface area (Å²) in [6.45, 7) is 0. The summed E-state index contributed by atoms with van der Waals surface area (Å²) in [6.07, 6.45) is 22.5. The van der Waals surface area contributed by atoms with E-state index in [1.54, 1.807) is 0 Å². The van der Waals surface area contributed by atoms with Gasteiger partial charge in [0.1, 0.15) is 0 Å². The van der Waals surface area contributed by atoms with Gasteiger partial charge in [-0.1, -0.05) is 42.5 Å². The van der Waals surface area contributed by atoms with Gasteiger partial charge in [0.05, 0.1) is 0 Å². The summed E-state index contributed by atoms with van der Waals surface area (Å²) in [5.74, 6) is 0. The largest absolute Gasteiger partial charge is 0.0882 e. The molecule has 0 saturated heterocycles. The monoisotopic (exact) mass is 159 g/mol. The summed E-state index contributed by atoms with van der Waals surface area (Å²) in [5.41, 5.74) is 0. The number of hydrogen-bond donors (Lipinski definition) is 0. The molecule has 0 aromatic carbocycles. The predicted octanol–water partition coefficient (Wildman–Crippen LogP) is 3.59. The first-order valence-electron chi connectivity index (χ1n) is 4.54. The Kier molecular flexibility index (Phi) is 5.02. The molecule has 0 nitrogen and oxygen atoms in total. The topological polar surface area (TPSA) is 0 Å². The molecule has 0 spiro atoms. The summed E-state index contributed by atoms with van der Waals surface area (Å²) in [4.78, 5) is 0. The minimum atomic E-state index is 1.04. The molecule has 1 radical (unpaired) electrons. The average Bonchev–Trinajstić information content (AvgIpc) is 2.05. The summed E-state index contributed by atoms with van der Waals surface area (Å²) >= 11 is 0. The standard InChI is InChI=1S/C12H15/c1-2-4-6-8-10-12-11-9-7-5-3-1/h1-3,6-9H,4,10-12H2/b2-1+,5-3?,8-6+,9-7+. The zero-order chi connectivity index (χ0) is 8.49. The van der Waals surface area contributed by atoms with Crippen molar-refractivity contribution < 1.29 is 0 Å². The molecular formula is C12H15. The third-order valence-corrected chi connectivity index (χ3v) is 1.72. The molecule has 0 unspecified atom stereocenters. The van der Waals surface area contributed by atoms with Crippen molar-refractivity contribution in [1.82, 2.24) is 0 Å². The van der Waals surface area contributed by atoms with Crippen LogP contribution in [0.1, 0.15) is 25.7 Å². The van der Waals surface area contributed by atoms with E-state index in [0.717, 1.165) is 12.8 Å². The maximum atomic E-state index is 3.09. The van der Waals surface area contributed by atoms with Crippen LogP contribution in [-0.4, -0.2) is 0 Å². The van der Waals surface area contributed by atoms with Gasteiger partial charge in [0.25, 0.3) is 0 Å². The van der Waals surface area contributed by atoms with E-state index < -0.39 is 0 Å². The van der Waals surface area contributed by atoms with Gasteiger partial charge < -0.3 is 0 Å². The van der Waals surface area contributed by atoms with Crippen molar-refractivity contribution in [2.45, 2.75) is 25.7 Å². The lowest BCUT2D eigenvalue weighted by Gasteiger charge is -1.89. The molecule has 63 valence electrons. The summed E-state index contributed by atoms with van der Waals surface area (Å²) in [5, 5.41) is 0. The lowest BCUT2D eigenvalue weighted by Crippen LogP contribution is -1.70. The van der Waals surface area contributed by atoms with Gasteiger partial charge in [-0.05, 0) is 31.8 Å². The fraction of sp³-hybridized carbons (Fsp3) is 0.333. The number of allylic oxidation sites excluding steroid dienone is 8. The molecule has 0 fully saturated rings. The highest BCUT2D eigenvalue weighted by molar-refractivity contribution is 5.07. The summed E-state index contributed by atoms with van der Waals surface area (Å²) in [6, 6.07) is 0. The molecule has 0 amide bonds. The second-order valence-corrected chi connectivity index (χ2v) is 2.80. The molecule has 12 heavy (non-hydrogen) atoms. The average molecular weight is 159 g/mol. The predicted molar refractivity (Wildman–Crippen MR) is 53.7 cm³/mol. The first kappa shape index (κ1) is 9.05. The van der Waals surface area contributed by atoms with Gasteiger partial charge in [0.15, 0.2) is 0 Å². The first-order valence-corrected chi connectivity index (χ1v) is 4.54. The third-order valence-electron chi connectivity index (χ3n) is 1.72. The maximum absolute atomic E-state index is 3.09. The molecule has 0 N–H and O–H groups in total. The zero-order valence-corrected chi connectivity index (χ0v) is 7.37. The van der Waals surface area contributed by atoms with E-state index in [1.165, 1.54) is 12.8 Å². The SMILES string of the molecule is [C]1=C\C=C\C/C=C/CCC/C=C/1. The van der Waals surface area contributed by atoms with E-state index in [2.05, 4.69) is 30.4 Å². The first-order chi connectivity index (χ1) is 6.00. The molecule has 0 heteroatoms. The molecule has 0 heterocycles. The molecule has 0 saturated carbocycles. The van der Waals surface area contributed by atoms with Crippen LogP contribution in [0.15, 0.2) is 42.5 Å². The second kappa shape index (κ2) is 6.66. The molecule has 0 aliphatic heterocycles. The Morgan fingerprint density at radius 2 is 1.83 bits per heavy atom. The van der Waals surface area contributed by atoms with Gasteiger partial charge in [-0.25, -0.2) is 0 Å². The Hall–Kier alpha value is -1.04. The van der Waals surface area contributed by atoms with Crippen LogP contribution in [0.3, 0.4) is 0 Å². The lowest BCUT2D eigenvalue weighted by molar-refractivity contribution is 0.866. The molecule has 1 rings (SSSR count). The van der Waals surface area contributed by atoms with Crippen LogP contribution in [-0.2, 0) is 0 Å². The molecule has 1 aliphatic carbocycles. The molecule has 0 atom stereocenters. The Balaban J connectivity index is 2.42. The highest BCUT2D eigenvalue weighted by Gasteiger charge is 1.80. The number of hydrogen-bond acceptors (Lipinski definition) is 0. The van der Waals surface area contributed by atoms with E-state index in [1.807, 2.05) is 18.2 Å². The summed E-state index contributed by atoms with van der Waals surface area (Å²) < 4.78 is 0. The highest BCUT2D eigenvalue weighted by Crippen LogP contribution is 2.00. The Bertz CT molecular complexity index is 204. The lowest BCUT2D eigenvalue weighted by atomic mass is 10.2. The van der Waals surface area contributed by atoms with Crippen LogP contribution in [0.4, 0.5) is 0 Å². The normalized spacial score (nSPS) is 29.3. The minimum Gasteiger partial charge on any atom is -0.0882 e. The van der Waals surface area contributed by atoms with Gasteiger partial charge in [0, 0.05) is 0 Å². The quantitative estimate of drug-likeness (QED) is 0.474. The van der Waals surface area contributed by atoms with Gasteiger partial charge in [0.2, 0.25) is 0 Å². The fourth-order valence-electron chi connectivity index (χ4n) is 1.06. The van der Waals surface area contributed by atoms with E-state index in [9.17, 15) is 0 Å². The van der Waals surface area contributed by atoms with Crippen LogP contribution in [0, 0.1) is 6.08 Å². The molecule has 0 aromatic heterocycles. The Morgan fingerprint density at radius 1 is 0.917 bits per heavy atom. The van der Waals surface area contributed by atoms with Gasteiger partial charge >= 0.3 is 0 Å². The minimum absolute atomic E-state index is 1.04. The van der Waals surface area contributed by atoms with Crippen LogP contribution in [0.25, 0.3) is 0 Å². The fourth-order valence-corrected chi connectivity index (χ4v) is 1.06. The van der Waals surface area contributed by atoms with Crippen molar-refractivity contribution in [3.8, 4) is 0 Å². The van der Waals surface area contributed by atoms with Crippen molar-refractivity contribution >= 4 is 0 Å². The van der Waals surface area contributed by atoms with E-state index in [4.69, 9.17) is 0 Å². The highest BCUT2D eigenvalue weighted by atomic mass is 13.9. The van der Waals surface area contributed by atoms with E-state index in [-0.39, 0.29) is 0 Å². The summed E-state index contributed by atoms with van der Waals surface area (Å²) in [7, 11) is 0. The van der Waals surface area contributed by atoms with Crippen LogP contribution >= 0.6 is 0 Å². The van der Waals surface area contributed by atoms with Crippen LogP contribution < -0.4 is 0 Å². The van der Waals surface area contributed by atoms with Crippen LogP contribution in [0.5, 0.6) is 0 Å². The Labute approximate surface area is 75.0 Å². The Morgan fingerprint density at radius 3 is 2.83 bits per heavy atom. The van der Waals surface area contributed by atoms with Crippen molar-refractivity contribution in [2.24, 2.45) is 0 Å². The van der Waals surface area contributed by atoms with Crippen molar-refractivity contribution in [1.29, 1.82) is 0 Å². The second-order valence-electron chi connectivity index (χ2n) is 2.80. The molecule has 0 aromatic rings. The van der Waals surface area contributed by atoms with E-state index in [0.29, 0.717) is 0 Å². The van der Waals surface area contributed by atoms with Gasteiger partial charge in [-0.2, -0.15) is 0 Å². The van der Waals surface area contributed by atoms with Crippen molar-refractivity contribution in [3.63, 3.8) is 0 Å². The van der Waals surface area contributed by atoms with Crippen molar-refractivity contribution in [3.05, 3.63) is 48.6 Å². The van der Waals surface area contributed by atoms with Crippen LogP contribution in [0.2, 0.25) is 0 Å². The smallest absolute Gasteiger partial charge is 0.0166 e. The van der Waals surface area contributed by atoms with Crippen molar-refractivity contribution in [2.75, 3.05) is 0 Å². The molecule has 0 bridgehead atoms. The van der Waals surface area contributed by atoms with Gasteiger partial charge in [-0.3, -0.25) is 0 Å². The van der Waals surface area contributed by atoms with Gasteiger partial charge in [-0.15, -0.1) is 0 Å². The number of rotatable bonds is 0. The van der Waals surface area contributed by atoms with E-state index >= 15 is 0 Å². The zero-order valence-electron chi connectivity index (χ0n) is 7.37. The molecular weight excluding hydrogens is 144 g/mol.